The zero-order valence-electron chi connectivity index (χ0n) is 16.3. The maximum Gasteiger partial charge on any atom is 0.229 e. The third-order valence-corrected chi connectivity index (χ3v) is 4.16. The van der Waals surface area contributed by atoms with Crippen molar-refractivity contribution in [3.8, 4) is 11.8 Å². The number of fused-ring (bicyclic) bond motifs is 1. The SMILES string of the molecule is CN(c1cccc(C#CC(C)(C)C)c1)c1nc(=N)n(C=N)c2ccc(F)cc12. The van der Waals surface area contributed by atoms with E-state index in [4.69, 9.17) is 10.8 Å². The second kappa shape index (κ2) is 7.28. The minimum absolute atomic E-state index is 0.0976. The zero-order chi connectivity index (χ0) is 20.5. The van der Waals surface area contributed by atoms with Gasteiger partial charge in [0.1, 0.15) is 11.6 Å². The lowest BCUT2D eigenvalue weighted by atomic mass is 9.97. The van der Waals surface area contributed by atoms with Crippen LogP contribution in [0.5, 0.6) is 0 Å². The van der Waals surface area contributed by atoms with Crippen molar-refractivity contribution in [2.24, 2.45) is 5.41 Å². The Morgan fingerprint density at radius 1 is 1.18 bits per heavy atom. The van der Waals surface area contributed by atoms with E-state index in [1.165, 1.54) is 16.7 Å². The first-order valence-electron chi connectivity index (χ1n) is 8.83. The van der Waals surface area contributed by atoms with Crippen LogP contribution < -0.4 is 10.5 Å². The molecule has 3 aromatic rings. The average molecular weight is 375 g/mol. The summed E-state index contributed by atoms with van der Waals surface area (Å²) < 4.78 is 15.2. The fourth-order valence-corrected chi connectivity index (χ4v) is 2.79. The lowest BCUT2D eigenvalue weighted by Gasteiger charge is -2.21. The second-order valence-corrected chi connectivity index (χ2v) is 7.53. The van der Waals surface area contributed by atoms with E-state index >= 15 is 0 Å². The summed E-state index contributed by atoms with van der Waals surface area (Å²) in [5.74, 6) is 6.44. The Balaban J connectivity index is 2.15. The molecule has 5 nitrogen and oxygen atoms in total. The van der Waals surface area contributed by atoms with Crippen molar-refractivity contribution >= 4 is 28.7 Å². The number of nitrogens with one attached hydrogen (secondary N) is 2. The Morgan fingerprint density at radius 3 is 2.61 bits per heavy atom. The van der Waals surface area contributed by atoms with Crippen LogP contribution in [0.1, 0.15) is 26.3 Å². The minimum atomic E-state index is -0.400. The standard InChI is InChI=1S/C22H22FN5/c1-22(2,3)11-10-15-6-5-7-17(12-15)27(4)20-18-13-16(23)8-9-19(18)28(14-24)21(25)26-20/h5-9,12-14,24-25H,1-4H3. The molecule has 6 heteroatoms. The van der Waals surface area contributed by atoms with E-state index in [9.17, 15) is 4.39 Å². The summed E-state index contributed by atoms with van der Waals surface area (Å²) in [6.45, 7) is 6.16. The summed E-state index contributed by atoms with van der Waals surface area (Å²) in [5.41, 5.74) is 2.04. The Bertz CT molecular complexity index is 1180. The average Bonchev–Trinajstić information content (AvgIpc) is 2.65. The molecule has 1 heterocycles. The highest BCUT2D eigenvalue weighted by atomic mass is 19.1. The molecule has 0 aliphatic rings. The first kappa shape index (κ1) is 19.3. The molecule has 142 valence electrons. The molecule has 0 saturated heterocycles. The Morgan fingerprint density at radius 2 is 1.93 bits per heavy atom. The smallest absolute Gasteiger partial charge is 0.229 e. The number of aromatic nitrogens is 2. The van der Waals surface area contributed by atoms with Gasteiger partial charge in [0.05, 0.1) is 11.9 Å². The molecule has 0 amide bonds. The molecule has 1 aromatic heterocycles. The molecule has 0 spiro atoms. The lowest BCUT2D eigenvalue weighted by Crippen LogP contribution is -2.26. The molecule has 0 atom stereocenters. The fraction of sp³-hybridized carbons (Fsp3) is 0.227. The summed E-state index contributed by atoms with van der Waals surface area (Å²) >= 11 is 0. The van der Waals surface area contributed by atoms with E-state index in [-0.39, 0.29) is 11.0 Å². The molecule has 0 unspecified atom stereocenters. The van der Waals surface area contributed by atoms with Crippen LogP contribution in [-0.2, 0) is 0 Å². The molecular weight excluding hydrogens is 353 g/mol. The molecule has 3 rings (SSSR count). The van der Waals surface area contributed by atoms with E-state index in [1.54, 1.807) is 11.0 Å². The van der Waals surface area contributed by atoms with E-state index in [0.29, 0.717) is 16.7 Å². The third-order valence-electron chi connectivity index (χ3n) is 4.16. The van der Waals surface area contributed by atoms with Crippen molar-refractivity contribution in [1.82, 2.24) is 9.55 Å². The number of rotatable bonds is 3. The first-order chi connectivity index (χ1) is 13.2. The van der Waals surface area contributed by atoms with Gasteiger partial charge in [0.25, 0.3) is 0 Å². The molecule has 2 aromatic carbocycles. The summed E-state index contributed by atoms with van der Waals surface area (Å²) in [6.07, 6.45) is 1.00. The van der Waals surface area contributed by atoms with Crippen LogP contribution in [0.25, 0.3) is 10.9 Å². The van der Waals surface area contributed by atoms with Crippen LogP contribution >= 0.6 is 0 Å². The maximum absolute atomic E-state index is 13.9. The van der Waals surface area contributed by atoms with Crippen molar-refractivity contribution in [2.75, 3.05) is 11.9 Å². The van der Waals surface area contributed by atoms with Gasteiger partial charge in [-0.3, -0.25) is 15.4 Å². The number of nitrogens with zero attached hydrogens (tertiary/aromatic N) is 3. The van der Waals surface area contributed by atoms with Gasteiger partial charge in [-0.1, -0.05) is 17.9 Å². The predicted octanol–water partition coefficient (Wildman–Crippen LogP) is 4.28. The third kappa shape index (κ3) is 3.94. The van der Waals surface area contributed by atoms with Crippen LogP contribution in [0.4, 0.5) is 15.9 Å². The molecule has 0 saturated carbocycles. The van der Waals surface area contributed by atoms with Crippen LogP contribution in [-0.4, -0.2) is 22.9 Å². The van der Waals surface area contributed by atoms with E-state index in [2.05, 4.69) is 37.6 Å². The Kier molecular flexibility index (Phi) is 5.02. The van der Waals surface area contributed by atoms with Gasteiger partial charge in [0.15, 0.2) is 0 Å². The van der Waals surface area contributed by atoms with Crippen LogP contribution in [0.3, 0.4) is 0 Å². The topological polar surface area (TPSA) is 68.8 Å². The number of halogens is 1. The Labute approximate surface area is 163 Å². The molecule has 0 radical (unpaired) electrons. The highest BCUT2D eigenvalue weighted by Crippen LogP contribution is 2.29. The minimum Gasteiger partial charge on any atom is -0.329 e. The second-order valence-electron chi connectivity index (χ2n) is 7.53. The maximum atomic E-state index is 13.9. The van der Waals surface area contributed by atoms with Gasteiger partial charge in [-0.2, -0.15) is 4.98 Å². The van der Waals surface area contributed by atoms with Gasteiger partial charge in [0.2, 0.25) is 5.62 Å². The van der Waals surface area contributed by atoms with Crippen molar-refractivity contribution in [1.29, 1.82) is 10.8 Å². The predicted molar refractivity (Wildman–Crippen MR) is 111 cm³/mol. The van der Waals surface area contributed by atoms with Gasteiger partial charge < -0.3 is 4.90 Å². The molecule has 0 fully saturated rings. The number of benzene rings is 2. The van der Waals surface area contributed by atoms with Gasteiger partial charge in [0, 0.05) is 29.1 Å². The van der Waals surface area contributed by atoms with Crippen molar-refractivity contribution in [3.63, 3.8) is 0 Å². The largest absolute Gasteiger partial charge is 0.329 e. The van der Waals surface area contributed by atoms with E-state index in [1.807, 2.05) is 31.3 Å². The molecule has 0 bridgehead atoms. The summed E-state index contributed by atoms with van der Waals surface area (Å²) in [5, 5.41) is 16.2. The zero-order valence-corrected chi connectivity index (χ0v) is 16.3. The molecular formula is C22H22FN5. The quantitative estimate of drug-likeness (QED) is 0.408. The Hall–Kier alpha value is -3.46. The summed E-state index contributed by atoms with van der Waals surface area (Å²) in [7, 11) is 1.82. The lowest BCUT2D eigenvalue weighted by molar-refractivity contribution is 0.571. The van der Waals surface area contributed by atoms with E-state index < -0.39 is 5.82 Å². The molecule has 2 N–H and O–H groups in total. The molecule has 0 aliphatic heterocycles. The van der Waals surface area contributed by atoms with Gasteiger partial charge in [-0.15, -0.1) is 0 Å². The highest BCUT2D eigenvalue weighted by Gasteiger charge is 2.14. The fourth-order valence-electron chi connectivity index (χ4n) is 2.79. The monoisotopic (exact) mass is 375 g/mol. The summed E-state index contributed by atoms with van der Waals surface area (Å²) in [6, 6.07) is 11.9. The van der Waals surface area contributed by atoms with Crippen molar-refractivity contribution in [3.05, 3.63) is 59.5 Å². The highest BCUT2D eigenvalue weighted by molar-refractivity contribution is 5.94. The number of hydrogen-bond acceptors (Lipinski definition) is 4. The van der Waals surface area contributed by atoms with Gasteiger partial charge >= 0.3 is 0 Å². The van der Waals surface area contributed by atoms with Crippen molar-refractivity contribution < 1.29 is 4.39 Å². The number of anilines is 2. The number of hydrogen-bond donors (Lipinski definition) is 2. The van der Waals surface area contributed by atoms with Crippen LogP contribution in [0, 0.1) is 33.9 Å². The summed E-state index contributed by atoms with van der Waals surface area (Å²) in [4.78, 5) is 6.11. The van der Waals surface area contributed by atoms with Gasteiger partial charge in [-0.25, -0.2) is 4.39 Å². The first-order valence-corrected chi connectivity index (χ1v) is 8.83. The van der Waals surface area contributed by atoms with E-state index in [0.717, 1.165) is 17.6 Å². The normalized spacial score (nSPS) is 11.0. The van der Waals surface area contributed by atoms with Crippen LogP contribution in [0.2, 0.25) is 0 Å². The van der Waals surface area contributed by atoms with Gasteiger partial charge in [-0.05, 0) is 57.2 Å². The van der Waals surface area contributed by atoms with Crippen LogP contribution in [0.15, 0.2) is 42.5 Å². The molecule has 0 aliphatic carbocycles. The van der Waals surface area contributed by atoms with Crippen molar-refractivity contribution in [2.45, 2.75) is 20.8 Å². The molecule has 28 heavy (non-hydrogen) atoms.